The Morgan fingerprint density at radius 1 is 1.27 bits per heavy atom. The second-order valence-electron chi connectivity index (χ2n) is 4.51. The zero-order valence-electron chi connectivity index (χ0n) is 9.62. The molecule has 0 N–H and O–H groups in total. The van der Waals surface area contributed by atoms with Crippen LogP contribution in [0.4, 0.5) is 0 Å². The quantitative estimate of drug-likeness (QED) is 0.672. The molecule has 1 rings (SSSR count). The van der Waals surface area contributed by atoms with Gasteiger partial charge in [-0.3, -0.25) is 9.59 Å². The van der Waals surface area contributed by atoms with Crippen LogP contribution in [-0.2, 0) is 14.3 Å². The highest BCUT2D eigenvalue weighted by molar-refractivity contribution is 5.84. The fourth-order valence-corrected chi connectivity index (χ4v) is 2.26. The van der Waals surface area contributed by atoms with Crippen molar-refractivity contribution in [2.24, 2.45) is 11.8 Å². The lowest BCUT2D eigenvalue weighted by atomic mass is 9.79. The third-order valence-electron chi connectivity index (χ3n) is 3.19. The molecule has 0 aliphatic heterocycles. The van der Waals surface area contributed by atoms with Gasteiger partial charge >= 0.3 is 5.97 Å². The van der Waals surface area contributed by atoms with Crippen molar-refractivity contribution in [3.05, 3.63) is 0 Å². The molecular formula is C12H20O3. The Labute approximate surface area is 91.2 Å². The van der Waals surface area contributed by atoms with Gasteiger partial charge in [-0.05, 0) is 18.8 Å². The molecule has 0 radical (unpaired) electrons. The van der Waals surface area contributed by atoms with E-state index in [1.165, 1.54) is 13.5 Å². The van der Waals surface area contributed by atoms with Crippen LogP contribution in [0.15, 0.2) is 0 Å². The van der Waals surface area contributed by atoms with Gasteiger partial charge in [-0.25, -0.2) is 0 Å². The van der Waals surface area contributed by atoms with Crippen LogP contribution in [0, 0.1) is 11.8 Å². The predicted octanol–water partition coefficient (Wildman–Crippen LogP) is 2.33. The fourth-order valence-electron chi connectivity index (χ4n) is 2.26. The number of ketones is 1. The number of ether oxygens (including phenoxy) is 1. The second kappa shape index (κ2) is 5.89. The highest BCUT2D eigenvalue weighted by Crippen LogP contribution is 2.29. The summed E-state index contributed by atoms with van der Waals surface area (Å²) in [6.45, 7) is 2.19. The lowest BCUT2D eigenvalue weighted by Crippen LogP contribution is -2.22. The van der Waals surface area contributed by atoms with E-state index in [0.29, 0.717) is 12.3 Å². The summed E-state index contributed by atoms with van der Waals surface area (Å²) in [7, 11) is 1.36. The van der Waals surface area contributed by atoms with Crippen molar-refractivity contribution in [1.82, 2.24) is 0 Å². The van der Waals surface area contributed by atoms with Gasteiger partial charge in [-0.1, -0.05) is 19.8 Å². The number of carbonyl (C=O) groups excluding carboxylic acids is 2. The van der Waals surface area contributed by atoms with Crippen LogP contribution in [-0.4, -0.2) is 18.9 Å². The second-order valence-corrected chi connectivity index (χ2v) is 4.51. The van der Waals surface area contributed by atoms with Gasteiger partial charge in [0.15, 0.2) is 0 Å². The van der Waals surface area contributed by atoms with Gasteiger partial charge in [0, 0.05) is 12.3 Å². The average Bonchev–Trinajstić information content (AvgIpc) is 2.25. The predicted molar refractivity (Wildman–Crippen MR) is 57.4 cm³/mol. The van der Waals surface area contributed by atoms with Gasteiger partial charge in [0.25, 0.3) is 0 Å². The standard InChI is InChI=1S/C12H20O3/c1-9-4-3-5-10(8-9)11(13)6-7-12(14)15-2/h9-10H,3-8H2,1-2H3. The maximum Gasteiger partial charge on any atom is 0.305 e. The molecule has 0 aromatic carbocycles. The number of esters is 1. The summed E-state index contributed by atoms with van der Waals surface area (Å²) in [5.74, 6) is 0.809. The van der Waals surface area contributed by atoms with Crippen LogP contribution >= 0.6 is 0 Å². The van der Waals surface area contributed by atoms with Crippen LogP contribution in [0.5, 0.6) is 0 Å². The van der Waals surface area contributed by atoms with Gasteiger partial charge in [-0.15, -0.1) is 0 Å². The van der Waals surface area contributed by atoms with E-state index in [-0.39, 0.29) is 24.1 Å². The van der Waals surface area contributed by atoms with E-state index in [2.05, 4.69) is 11.7 Å². The number of rotatable bonds is 4. The van der Waals surface area contributed by atoms with E-state index in [0.717, 1.165) is 19.3 Å². The lowest BCUT2D eigenvalue weighted by molar-refractivity contribution is -0.142. The van der Waals surface area contributed by atoms with Crippen molar-refractivity contribution in [3.63, 3.8) is 0 Å². The molecule has 0 saturated heterocycles. The molecule has 1 fully saturated rings. The van der Waals surface area contributed by atoms with E-state index >= 15 is 0 Å². The van der Waals surface area contributed by atoms with Crippen LogP contribution in [0.2, 0.25) is 0 Å². The normalized spacial score (nSPS) is 26.0. The molecule has 1 aliphatic carbocycles. The maximum absolute atomic E-state index is 11.8. The van der Waals surface area contributed by atoms with Gasteiger partial charge < -0.3 is 4.74 Å². The third kappa shape index (κ3) is 4.02. The first kappa shape index (κ1) is 12.2. The van der Waals surface area contributed by atoms with Crippen LogP contribution in [0.25, 0.3) is 0 Å². The number of hydrogen-bond donors (Lipinski definition) is 0. The van der Waals surface area contributed by atoms with E-state index in [1.807, 2.05) is 0 Å². The highest BCUT2D eigenvalue weighted by Gasteiger charge is 2.24. The minimum atomic E-state index is -0.285. The Morgan fingerprint density at radius 3 is 2.60 bits per heavy atom. The molecule has 2 unspecified atom stereocenters. The van der Waals surface area contributed by atoms with E-state index < -0.39 is 0 Å². The Bertz CT molecular complexity index is 235. The number of hydrogen-bond acceptors (Lipinski definition) is 3. The fraction of sp³-hybridized carbons (Fsp3) is 0.833. The summed E-state index contributed by atoms with van der Waals surface area (Å²) in [5, 5.41) is 0. The molecule has 1 aliphatic rings. The molecule has 1 saturated carbocycles. The summed E-state index contributed by atoms with van der Waals surface area (Å²) >= 11 is 0. The van der Waals surface area contributed by atoms with Crippen molar-refractivity contribution in [2.75, 3.05) is 7.11 Å². The van der Waals surface area contributed by atoms with Crippen molar-refractivity contribution in [2.45, 2.75) is 45.4 Å². The maximum atomic E-state index is 11.8. The molecule has 0 heterocycles. The summed E-state index contributed by atoms with van der Waals surface area (Å²) in [4.78, 5) is 22.6. The molecule has 3 heteroatoms. The summed E-state index contributed by atoms with van der Waals surface area (Å²) in [6.07, 6.45) is 4.98. The molecule has 0 spiro atoms. The van der Waals surface area contributed by atoms with Crippen LogP contribution in [0.3, 0.4) is 0 Å². The molecular weight excluding hydrogens is 192 g/mol. The van der Waals surface area contributed by atoms with E-state index in [9.17, 15) is 9.59 Å². The van der Waals surface area contributed by atoms with E-state index in [1.54, 1.807) is 0 Å². The molecule has 0 bridgehead atoms. The smallest absolute Gasteiger partial charge is 0.305 e. The summed E-state index contributed by atoms with van der Waals surface area (Å²) in [5.41, 5.74) is 0. The molecule has 86 valence electrons. The topological polar surface area (TPSA) is 43.4 Å². The Hall–Kier alpha value is -0.860. The van der Waals surface area contributed by atoms with Crippen molar-refractivity contribution in [3.8, 4) is 0 Å². The first-order valence-corrected chi connectivity index (χ1v) is 5.73. The molecule has 0 aromatic rings. The SMILES string of the molecule is COC(=O)CCC(=O)C1CCCC(C)C1. The van der Waals surface area contributed by atoms with Gasteiger partial charge in [-0.2, -0.15) is 0 Å². The minimum absolute atomic E-state index is 0.193. The van der Waals surface area contributed by atoms with Crippen molar-refractivity contribution >= 4 is 11.8 Å². The molecule has 0 amide bonds. The molecule has 3 nitrogen and oxygen atoms in total. The summed E-state index contributed by atoms with van der Waals surface area (Å²) < 4.78 is 4.52. The van der Waals surface area contributed by atoms with Crippen molar-refractivity contribution < 1.29 is 14.3 Å². The zero-order chi connectivity index (χ0) is 11.3. The third-order valence-corrected chi connectivity index (χ3v) is 3.19. The Balaban J connectivity index is 2.30. The number of methoxy groups -OCH3 is 1. The van der Waals surface area contributed by atoms with E-state index in [4.69, 9.17) is 0 Å². The monoisotopic (exact) mass is 212 g/mol. The highest BCUT2D eigenvalue weighted by atomic mass is 16.5. The molecule has 15 heavy (non-hydrogen) atoms. The van der Waals surface area contributed by atoms with Crippen molar-refractivity contribution in [1.29, 1.82) is 0 Å². The first-order valence-electron chi connectivity index (χ1n) is 5.73. The Morgan fingerprint density at radius 2 is 2.00 bits per heavy atom. The summed E-state index contributed by atoms with van der Waals surface area (Å²) in [6, 6.07) is 0. The largest absolute Gasteiger partial charge is 0.469 e. The van der Waals surface area contributed by atoms with Gasteiger partial charge in [0.05, 0.1) is 13.5 Å². The number of Topliss-reactive ketones (excluding diaryl/α,β-unsaturated/α-hetero) is 1. The molecule has 0 aromatic heterocycles. The van der Waals surface area contributed by atoms with Gasteiger partial charge in [0.2, 0.25) is 0 Å². The average molecular weight is 212 g/mol. The minimum Gasteiger partial charge on any atom is -0.469 e. The van der Waals surface area contributed by atoms with Gasteiger partial charge in [0.1, 0.15) is 5.78 Å². The van der Waals surface area contributed by atoms with Crippen LogP contribution < -0.4 is 0 Å². The number of carbonyl (C=O) groups is 2. The Kier molecular flexibility index (Phi) is 4.79. The molecule has 2 atom stereocenters. The first-order chi connectivity index (χ1) is 7.13. The van der Waals surface area contributed by atoms with Crippen LogP contribution in [0.1, 0.15) is 45.4 Å². The zero-order valence-corrected chi connectivity index (χ0v) is 9.62. The lowest BCUT2D eigenvalue weighted by Gasteiger charge is -2.25.